The highest BCUT2D eigenvalue weighted by molar-refractivity contribution is 5.39. The molecule has 1 saturated heterocycles. The molecule has 0 radical (unpaired) electrons. The molecule has 0 spiro atoms. The van der Waals surface area contributed by atoms with Crippen LogP contribution in [0.1, 0.15) is 37.0 Å². The quantitative estimate of drug-likeness (QED) is 0.804. The predicted molar refractivity (Wildman–Crippen MR) is 63.8 cm³/mol. The average molecular weight is 221 g/mol. The van der Waals surface area contributed by atoms with E-state index in [1.807, 2.05) is 12.1 Å². The number of hydrogen-bond acceptors (Lipinski definition) is 3. The number of phenols is 1. The van der Waals surface area contributed by atoms with E-state index in [1.165, 1.54) is 0 Å². The van der Waals surface area contributed by atoms with Crippen molar-refractivity contribution < 1.29 is 9.84 Å². The van der Waals surface area contributed by atoms with Gasteiger partial charge in [0.15, 0.2) is 0 Å². The minimum Gasteiger partial charge on any atom is -0.508 e. The lowest BCUT2D eigenvalue weighted by atomic mass is 9.98. The first-order chi connectivity index (χ1) is 7.68. The van der Waals surface area contributed by atoms with Gasteiger partial charge in [-0.05, 0) is 17.5 Å². The van der Waals surface area contributed by atoms with Gasteiger partial charge >= 0.3 is 0 Å². The summed E-state index contributed by atoms with van der Waals surface area (Å²) in [6, 6.07) is 5.89. The van der Waals surface area contributed by atoms with Crippen LogP contribution < -0.4 is 5.32 Å². The molecule has 1 heterocycles. The second-order valence-electron chi connectivity index (χ2n) is 4.54. The first-order valence-electron chi connectivity index (χ1n) is 5.83. The SMILES string of the molecule is CC(C)c1ccc(C2CNCCO2)c(O)c1. The van der Waals surface area contributed by atoms with Gasteiger partial charge in [0, 0.05) is 18.7 Å². The Labute approximate surface area is 96.4 Å². The molecular formula is C13H19NO2. The largest absolute Gasteiger partial charge is 0.508 e. The van der Waals surface area contributed by atoms with Gasteiger partial charge in [0.2, 0.25) is 0 Å². The van der Waals surface area contributed by atoms with Crippen molar-refractivity contribution in [3.8, 4) is 5.75 Å². The van der Waals surface area contributed by atoms with Crippen LogP contribution in [-0.2, 0) is 4.74 Å². The molecule has 1 unspecified atom stereocenters. The number of aromatic hydroxyl groups is 1. The van der Waals surface area contributed by atoms with Crippen LogP contribution in [0.4, 0.5) is 0 Å². The van der Waals surface area contributed by atoms with Crippen molar-refractivity contribution in [2.45, 2.75) is 25.9 Å². The molecule has 0 amide bonds. The molecule has 1 aliphatic heterocycles. The fraction of sp³-hybridized carbons (Fsp3) is 0.538. The summed E-state index contributed by atoms with van der Waals surface area (Å²) in [5.74, 6) is 0.783. The highest BCUT2D eigenvalue weighted by Gasteiger charge is 2.19. The summed E-state index contributed by atoms with van der Waals surface area (Å²) in [6.45, 7) is 6.60. The van der Waals surface area contributed by atoms with Crippen LogP contribution in [0, 0.1) is 0 Å². The Kier molecular flexibility index (Phi) is 3.46. The lowest BCUT2D eigenvalue weighted by molar-refractivity contribution is 0.0263. The Morgan fingerprint density at radius 3 is 2.81 bits per heavy atom. The van der Waals surface area contributed by atoms with Crippen molar-refractivity contribution in [3.63, 3.8) is 0 Å². The van der Waals surface area contributed by atoms with E-state index >= 15 is 0 Å². The minimum atomic E-state index is -0.0186. The molecule has 0 saturated carbocycles. The van der Waals surface area contributed by atoms with Crippen molar-refractivity contribution in [2.24, 2.45) is 0 Å². The van der Waals surface area contributed by atoms with Gasteiger partial charge in [-0.3, -0.25) is 0 Å². The zero-order chi connectivity index (χ0) is 11.5. The van der Waals surface area contributed by atoms with Gasteiger partial charge in [-0.1, -0.05) is 26.0 Å². The van der Waals surface area contributed by atoms with Crippen LogP contribution in [0.2, 0.25) is 0 Å². The average Bonchev–Trinajstić information content (AvgIpc) is 2.30. The highest BCUT2D eigenvalue weighted by atomic mass is 16.5. The van der Waals surface area contributed by atoms with Gasteiger partial charge in [0.05, 0.1) is 12.7 Å². The maximum absolute atomic E-state index is 9.98. The summed E-state index contributed by atoms with van der Waals surface area (Å²) in [7, 11) is 0. The molecule has 3 nitrogen and oxygen atoms in total. The molecule has 0 aromatic heterocycles. The zero-order valence-electron chi connectivity index (χ0n) is 9.86. The van der Waals surface area contributed by atoms with E-state index in [-0.39, 0.29) is 6.10 Å². The van der Waals surface area contributed by atoms with Crippen molar-refractivity contribution in [1.82, 2.24) is 5.32 Å². The molecular weight excluding hydrogens is 202 g/mol. The summed E-state index contributed by atoms with van der Waals surface area (Å²) in [4.78, 5) is 0. The third-order valence-electron chi connectivity index (χ3n) is 3.00. The molecule has 0 bridgehead atoms. The van der Waals surface area contributed by atoms with Crippen molar-refractivity contribution >= 4 is 0 Å². The fourth-order valence-electron chi connectivity index (χ4n) is 1.96. The lowest BCUT2D eigenvalue weighted by Crippen LogP contribution is -2.33. The third kappa shape index (κ3) is 2.36. The monoisotopic (exact) mass is 221 g/mol. The number of phenolic OH excluding ortho intramolecular Hbond substituents is 1. The first kappa shape index (κ1) is 11.4. The molecule has 1 fully saturated rings. The normalized spacial score (nSPS) is 21.3. The molecule has 2 rings (SSSR count). The lowest BCUT2D eigenvalue weighted by Gasteiger charge is -2.25. The number of ether oxygens (including phenoxy) is 1. The van der Waals surface area contributed by atoms with Gasteiger partial charge in [0.25, 0.3) is 0 Å². The second kappa shape index (κ2) is 4.85. The Balaban J connectivity index is 2.21. The highest BCUT2D eigenvalue weighted by Crippen LogP contribution is 2.30. The van der Waals surface area contributed by atoms with Crippen LogP contribution in [0.15, 0.2) is 18.2 Å². The Morgan fingerprint density at radius 1 is 1.44 bits per heavy atom. The standard InChI is InChI=1S/C13H19NO2/c1-9(2)10-3-4-11(12(15)7-10)13-8-14-5-6-16-13/h3-4,7,9,13-15H,5-6,8H2,1-2H3. The Hall–Kier alpha value is -1.06. The van der Waals surface area contributed by atoms with Crippen LogP contribution >= 0.6 is 0 Å². The van der Waals surface area contributed by atoms with Crippen LogP contribution in [0.3, 0.4) is 0 Å². The molecule has 16 heavy (non-hydrogen) atoms. The molecule has 1 atom stereocenters. The maximum atomic E-state index is 9.98. The van der Waals surface area contributed by atoms with Crippen LogP contribution in [-0.4, -0.2) is 24.8 Å². The van der Waals surface area contributed by atoms with E-state index in [0.717, 1.165) is 24.2 Å². The van der Waals surface area contributed by atoms with E-state index in [4.69, 9.17) is 4.74 Å². The first-order valence-corrected chi connectivity index (χ1v) is 5.83. The van der Waals surface area contributed by atoms with E-state index in [2.05, 4.69) is 25.2 Å². The number of rotatable bonds is 2. The van der Waals surface area contributed by atoms with E-state index in [9.17, 15) is 5.11 Å². The van der Waals surface area contributed by atoms with E-state index < -0.39 is 0 Å². The summed E-state index contributed by atoms with van der Waals surface area (Å²) in [5, 5.41) is 13.2. The fourth-order valence-corrected chi connectivity index (χ4v) is 1.96. The molecule has 1 aromatic rings. The van der Waals surface area contributed by atoms with Crippen molar-refractivity contribution in [2.75, 3.05) is 19.7 Å². The summed E-state index contributed by atoms with van der Waals surface area (Å²) in [6.07, 6.45) is -0.0186. The van der Waals surface area contributed by atoms with Crippen LogP contribution in [0.25, 0.3) is 0 Å². The van der Waals surface area contributed by atoms with E-state index in [0.29, 0.717) is 18.3 Å². The predicted octanol–water partition coefficient (Wildman–Crippen LogP) is 2.18. The number of benzene rings is 1. The number of nitrogens with one attached hydrogen (secondary N) is 1. The van der Waals surface area contributed by atoms with E-state index in [1.54, 1.807) is 0 Å². The Bertz CT molecular complexity index is 357. The molecule has 1 aliphatic rings. The van der Waals surface area contributed by atoms with Crippen LogP contribution in [0.5, 0.6) is 5.75 Å². The molecule has 3 heteroatoms. The van der Waals surface area contributed by atoms with Crippen molar-refractivity contribution in [3.05, 3.63) is 29.3 Å². The summed E-state index contributed by atoms with van der Waals surface area (Å²) >= 11 is 0. The molecule has 0 aliphatic carbocycles. The molecule has 2 N–H and O–H groups in total. The van der Waals surface area contributed by atoms with Gasteiger partial charge in [0.1, 0.15) is 5.75 Å². The molecule has 88 valence electrons. The third-order valence-corrected chi connectivity index (χ3v) is 3.00. The number of hydrogen-bond donors (Lipinski definition) is 2. The van der Waals surface area contributed by atoms with Crippen molar-refractivity contribution in [1.29, 1.82) is 0 Å². The second-order valence-corrected chi connectivity index (χ2v) is 4.54. The number of morpholine rings is 1. The smallest absolute Gasteiger partial charge is 0.121 e. The summed E-state index contributed by atoms with van der Waals surface area (Å²) < 4.78 is 5.62. The zero-order valence-corrected chi connectivity index (χ0v) is 9.86. The topological polar surface area (TPSA) is 41.5 Å². The Morgan fingerprint density at radius 2 is 2.25 bits per heavy atom. The molecule has 1 aromatic carbocycles. The maximum Gasteiger partial charge on any atom is 0.121 e. The van der Waals surface area contributed by atoms with Gasteiger partial charge in [-0.25, -0.2) is 0 Å². The summed E-state index contributed by atoms with van der Waals surface area (Å²) in [5.41, 5.74) is 2.04. The van der Waals surface area contributed by atoms with Gasteiger partial charge in [-0.15, -0.1) is 0 Å². The van der Waals surface area contributed by atoms with Gasteiger partial charge < -0.3 is 15.2 Å². The minimum absolute atomic E-state index is 0.0186. The van der Waals surface area contributed by atoms with Gasteiger partial charge in [-0.2, -0.15) is 0 Å².